The van der Waals surface area contributed by atoms with E-state index in [2.05, 4.69) is 5.32 Å². The number of sulfonamides is 1. The molecule has 3 aromatic carbocycles. The van der Waals surface area contributed by atoms with Crippen molar-refractivity contribution in [3.8, 4) is 11.5 Å². The van der Waals surface area contributed by atoms with E-state index in [0.717, 1.165) is 48.2 Å². The molecule has 1 heterocycles. The fraction of sp³-hybridized carbons (Fsp3) is 0.375. The number of ether oxygens (including phenoxy) is 2. The van der Waals surface area contributed by atoms with Crippen LogP contribution in [0.1, 0.15) is 43.2 Å². The van der Waals surface area contributed by atoms with Crippen LogP contribution in [0.4, 0.5) is 5.69 Å². The highest BCUT2D eigenvalue weighted by Crippen LogP contribution is 2.36. The number of rotatable bonds is 11. The van der Waals surface area contributed by atoms with Gasteiger partial charge in [-0.15, -0.1) is 0 Å². The Morgan fingerprint density at radius 3 is 2.30 bits per heavy atom. The first kappa shape index (κ1) is 31.9. The van der Waals surface area contributed by atoms with E-state index < -0.39 is 28.5 Å². The van der Waals surface area contributed by atoms with Crippen LogP contribution in [0.25, 0.3) is 0 Å². The number of hydrogen-bond donors (Lipinski definition) is 1. The molecule has 1 aliphatic carbocycles. The highest BCUT2D eigenvalue weighted by Gasteiger charge is 2.35. The molecule has 5 rings (SSSR count). The normalized spacial score (nSPS) is 15.4. The summed E-state index contributed by atoms with van der Waals surface area (Å²) < 4.78 is 38.0. The molecule has 9 nitrogen and oxygen atoms in total. The molecule has 1 aliphatic heterocycles. The van der Waals surface area contributed by atoms with Gasteiger partial charge in [-0.3, -0.25) is 13.9 Å². The standard InChI is InChI=1S/C32H35Cl2N3O6S/c1-44(40,41)37(24-15-16-29-30(18-24)43-21-42-29)20-31(38)36(19-25-26(33)13-8-14-27(25)34)28(17-22-9-4-2-5-10-22)32(39)35-23-11-6-3-7-12-23/h2,4-5,8-10,13-16,18,23,28H,3,6-7,11-12,17,19-21H2,1H3,(H,35,39)/t28-/m0/s1. The Hall–Kier alpha value is -3.47. The number of carbonyl (C=O) groups is 2. The molecule has 0 radical (unpaired) electrons. The van der Waals surface area contributed by atoms with E-state index in [4.69, 9.17) is 32.7 Å². The minimum absolute atomic E-state index is 0.00322. The largest absolute Gasteiger partial charge is 0.454 e. The Bertz CT molecular complexity index is 1580. The van der Waals surface area contributed by atoms with E-state index in [1.54, 1.807) is 30.3 Å². The van der Waals surface area contributed by atoms with Gasteiger partial charge in [0.1, 0.15) is 12.6 Å². The van der Waals surface area contributed by atoms with Crippen LogP contribution in [0.3, 0.4) is 0 Å². The average molecular weight is 661 g/mol. The molecule has 1 fully saturated rings. The lowest BCUT2D eigenvalue weighted by Crippen LogP contribution is -2.55. The molecule has 1 N–H and O–H groups in total. The molecular weight excluding hydrogens is 625 g/mol. The van der Waals surface area contributed by atoms with Crippen molar-refractivity contribution in [1.82, 2.24) is 10.2 Å². The van der Waals surface area contributed by atoms with Gasteiger partial charge in [-0.25, -0.2) is 8.42 Å². The number of anilines is 1. The molecule has 234 valence electrons. The molecule has 0 unspecified atom stereocenters. The molecule has 0 spiro atoms. The lowest BCUT2D eigenvalue weighted by molar-refractivity contribution is -0.140. The number of nitrogens with one attached hydrogen (secondary N) is 1. The Kier molecular flexibility index (Phi) is 10.2. The summed E-state index contributed by atoms with van der Waals surface area (Å²) in [6.45, 7) is -0.658. The summed E-state index contributed by atoms with van der Waals surface area (Å²) in [4.78, 5) is 29.8. The zero-order chi connectivity index (χ0) is 31.3. The van der Waals surface area contributed by atoms with Gasteiger partial charge in [0.15, 0.2) is 11.5 Å². The highest BCUT2D eigenvalue weighted by atomic mass is 35.5. The zero-order valence-electron chi connectivity index (χ0n) is 24.4. The highest BCUT2D eigenvalue weighted by molar-refractivity contribution is 7.92. The van der Waals surface area contributed by atoms with Crippen LogP contribution >= 0.6 is 23.2 Å². The first-order valence-corrected chi connectivity index (χ1v) is 17.1. The van der Waals surface area contributed by atoms with Crippen LogP contribution in [0.15, 0.2) is 66.7 Å². The fourth-order valence-corrected chi connectivity index (χ4v) is 6.96. The van der Waals surface area contributed by atoms with Gasteiger partial charge in [0.05, 0.1) is 11.9 Å². The molecule has 3 aromatic rings. The van der Waals surface area contributed by atoms with Crippen molar-refractivity contribution in [3.63, 3.8) is 0 Å². The number of hydrogen-bond acceptors (Lipinski definition) is 6. The number of amides is 2. The third-order valence-corrected chi connectivity index (χ3v) is 9.78. The zero-order valence-corrected chi connectivity index (χ0v) is 26.7. The second-order valence-electron chi connectivity index (χ2n) is 11.1. The van der Waals surface area contributed by atoms with E-state index in [0.29, 0.717) is 27.1 Å². The summed E-state index contributed by atoms with van der Waals surface area (Å²) in [5.41, 5.74) is 1.53. The predicted molar refractivity (Wildman–Crippen MR) is 171 cm³/mol. The summed E-state index contributed by atoms with van der Waals surface area (Å²) in [5, 5.41) is 3.83. The van der Waals surface area contributed by atoms with E-state index in [1.807, 2.05) is 30.3 Å². The molecule has 0 aromatic heterocycles. The third kappa shape index (κ3) is 7.78. The van der Waals surface area contributed by atoms with Crippen molar-refractivity contribution in [1.29, 1.82) is 0 Å². The topological polar surface area (TPSA) is 105 Å². The van der Waals surface area contributed by atoms with Crippen molar-refractivity contribution < 1.29 is 27.5 Å². The summed E-state index contributed by atoms with van der Waals surface area (Å²) >= 11 is 13.1. The first-order chi connectivity index (χ1) is 21.1. The van der Waals surface area contributed by atoms with E-state index in [-0.39, 0.29) is 37.4 Å². The molecule has 44 heavy (non-hydrogen) atoms. The maximum atomic E-state index is 14.4. The van der Waals surface area contributed by atoms with E-state index in [1.165, 1.54) is 11.0 Å². The third-order valence-electron chi connectivity index (χ3n) is 7.94. The van der Waals surface area contributed by atoms with E-state index in [9.17, 15) is 18.0 Å². The van der Waals surface area contributed by atoms with Gasteiger partial charge in [0, 0.05) is 40.7 Å². The second-order valence-corrected chi connectivity index (χ2v) is 13.8. The van der Waals surface area contributed by atoms with E-state index >= 15 is 0 Å². The Balaban J connectivity index is 1.53. The predicted octanol–water partition coefficient (Wildman–Crippen LogP) is 5.58. The minimum Gasteiger partial charge on any atom is -0.454 e. The number of carbonyl (C=O) groups excluding carboxylic acids is 2. The van der Waals surface area contributed by atoms with Crippen molar-refractivity contribution in [3.05, 3.63) is 87.9 Å². The molecule has 2 amide bonds. The number of nitrogens with zero attached hydrogens (tertiary/aromatic N) is 2. The number of fused-ring (bicyclic) bond motifs is 1. The lowest BCUT2D eigenvalue weighted by Gasteiger charge is -2.35. The molecule has 0 bridgehead atoms. The van der Waals surface area contributed by atoms with Crippen molar-refractivity contribution in [2.75, 3.05) is 23.9 Å². The van der Waals surface area contributed by atoms with Crippen molar-refractivity contribution >= 4 is 50.7 Å². The molecule has 12 heteroatoms. The van der Waals surface area contributed by atoms with Gasteiger partial charge in [0.25, 0.3) is 0 Å². The Labute approximate surface area is 268 Å². The number of benzene rings is 3. The smallest absolute Gasteiger partial charge is 0.244 e. The fourth-order valence-electron chi connectivity index (χ4n) is 5.61. The SMILES string of the molecule is CS(=O)(=O)N(CC(=O)N(Cc1c(Cl)cccc1Cl)[C@@H](Cc1ccccc1)C(=O)NC1CCCCC1)c1ccc2c(c1)OCO2. The maximum absolute atomic E-state index is 14.4. The van der Waals surface area contributed by atoms with Gasteiger partial charge in [-0.2, -0.15) is 0 Å². The summed E-state index contributed by atoms with van der Waals surface area (Å²) in [7, 11) is -3.94. The Morgan fingerprint density at radius 1 is 0.932 bits per heavy atom. The van der Waals surface area contributed by atoms with Crippen LogP contribution in [0.5, 0.6) is 11.5 Å². The molecule has 0 saturated heterocycles. The van der Waals surface area contributed by atoms with Crippen molar-refractivity contribution in [2.45, 2.75) is 57.2 Å². The van der Waals surface area contributed by atoms with Gasteiger partial charge in [0.2, 0.25) is 28.6 Å². The monoisotopic (exact) mass is 659 g/mol. The number of halogens is 2. The lowest BCUT2D eigenvalue weighted by atomic mass is 9.94. The summed E-state index contributed by atoms with van der Waals surface area (Å²) in [6, 6.07) is 18.1. The Morgan fingerprint density at radius 2 is 1.61 bits per heavy atom. The van der Waals surface area contributed by atoms with Crippen LogP contribution in [-0.2, 0) is 32.6 Å². The van der Waals surface area contributed by atoms with Crippen LogP contribution < -0.4 is 19.1 Å². The average Bonchev–Trinajstić information content (AvgIpc) is 3.47. The molecule has 1 saturated carbocycles. The molecular formula is C32H35Cl2N3O6S. The van der Waals surface area contributed by atoms with Crippen LogP contribution in [0, 0.1) is 0 Å². The van der Waals surface area contributed by atoms with Crippen LogP contribution in [-0.4, -0.2) is 56.8 Å². The molecule has 2 aliphatic rings. The second kappa shape index (κ2) is 14.1. The molecule has 1 atom stereocenters. The quantitative estimate of drug-likeness (QED) is 0.288. The van der Waals surface area contributed by atoms with Gasteiger partial charge in [-0.1, -0.05) is 78.9 Å². The summed E-state index contributed by atoms with van der Waals surface area (Å²) in [5.74, 6) is -0.0574. The summed E-state index contributed by atoms with van der Waals surface area (Å²) in [6.07, 6.45) is 6.11. The first-order valence-electron chi connectivity index (χ1n) is 14.5. The van der Waals surface area contributed by atoms with Gasteiger partial charge >= 0.3 is 0 Å². The van der Waals surface area contributed by atoms with Crippen LogP contribution in [0.2, 0.25) is 10.0 Å². The van der Waals surface area contributed by atoms with Gasteiger partial charge in [-0.05, 0) is 42.7 Å². The van der Waals surface area contributed by atoms with Gasteiger partial charge < -0.3 is 19.7 Å². The minimum atomic E-state index is -3.94. The maximum Gasteiger partial charge on any atom is 0.244 e. The van der Waals surface area contributed by atoms with Crippen molar-refractivity contribution in [2.24, 2.45) is 0 Å².